The largest absolute Gasteiger partial charge is 0.365 e. The molecular weight excluding hydrogens is 1010 g/mol. The second-order valence-corrected chi connectivity index (χ2v) is 17.6. The van der Waals surface area contributed by atoms with Crippen LogP contribution in [0.25, 0.3) is 11.0 Å². The molecule has 4 aromatic heterocycles. The van der Waals surface area contributed by atoms with Gasteiger partial charge in [-0.2, -0.15) is 15.0 Å². The first kappa shape index (κ1) is 60.4. The van der Waals surface area contributed by atoms with E-state index in [0.29, 0.717) is 47.7 Å². The van der Waals surface area contributed by atoms with Crippen molar-refractivity contribution in [3.8, 4) is 6.01 Å². The summed E-state index contributed by atoms with van der Waals surface area (Å²) in [5.41, 5.74) is 45.1. The van der Waals surface area contributed by atoms with Crippen LogP contribution in [0.5, 0.6) is 6.01 Å². The number of carbonyl (C=O) groups is 3. The molecular formula is C54H71N21O4. The summed E-state index contributed by atoms with van der Waals surface area (Å²) in [6, 6.07) is 30.5. The number of rotatable bonds is 24. The van der Waals surface area contributed by atoms with Crippen molar-refractivity contribution in [1.29, 1.82) is 0 Å². The maximum Gasteiger partial charge on any atom is 0.347 e. The van der Waals surface area contributed by atoms with Crippen molar-refractivity contribution in [3.05, 3.63) is 149 Å². The fourth-order valence-corrected chi connectivity index (χ4v) is 6.97. The molecule has 19 N–H and O–H groups in total. The van der Waals surface area contributed by atoms with Crippen LogP contribution in [0, 0.1) is 20.8 Å². The molecule has 0 aliphatic heterocycles. The van der Waals surface area contributed by atoms with E-state index >= 15 is 0 Å². The molecule has 0 bridgehead atoms. The smallest absolute Gasteiger partial charge is 0.347 e. The molecule has 0 atom stereocenters. The van der Waals surface area contributed by atoms with Gasteiger partial charge < -0.3 is 71.6 Å². The zero-order valence-electron chi connectivity index (χ0n) is 44.7. The standard InChI is InChI=1S/C18H15N7O2.2C16H22N6O.C4H12N2/c1-11-5-4-6-12(9-11)21-17-13(16(19)26)10-20-18(22-17)27-25-15-8-3-2-7-14(15)23-24-25;2*1-11-5-4-6-12(9-11)21-15-13(14(18)23)10-20-16(22-15)19-8-3-2-7-17;5-3-1-2-4-6/h2-10H,1H3,(H2,19,26)(H,20,21,22);2*4-6,9-10H,2-3,7-8,17H2,1H3,(H2,18,23)(H2,19,20,21,22);1-6H2. The lowest BCUT2D eigenvalue weighted by molar-refractivity contribution is 0.0991. The molecule has 416 valence electrons. The third-order valence-corrected chi connectivity index (χ3v) is 11.0. The number of primary amides is 3. The summed E-state index contributed by atoms with van der Waals surface area (Å²) in [6.07, 6.45) is 10.0. The van der Waals surface area contributed by atoms with Gasteiger partial charge in [0.2, 0.25) is 11.9 Å². The van der Waals surface area contributed by atoms with Crippen molar-refractivity contribution >= 4 is 75.2 Å². The number of carbonyl (C=O) groups excluding carboxylic acids is 3. The van der Waals surface area contributed by atoms with Crippen molar-refractivity contribution < 1.29 is 19.2 Å². The third-order valence-electron chi connectivity index (χ3n) is 11.0. The topological polar surface area (TPSA) is 411 Å². The zero-order valence-corrected chi connectivity index (χ0v) is 44.7. The molecule has 0 aliphatic rings. The number of nitrogens with zero attached hydrogens (tertiary/aromatic N) is 9. The number of para-hydroxylation sites is 1. The van der Waals surface area contributed by atoms with E-state index in [4.69, 9.17) is 45.0 Å². The van der Waals surface area contributed by atoms with Gasteiger partial charge >= 0.3 is 6.01 Å². The first-order chi connectivity index (χ1) is 38.2. The lowest BCUT2D eigenvalue weighted by Crippen LogP contribution is -2.17. The number of anilines is 8. The van der Waals surface area contributed by atoms with Gasteiger partial charge in [0.1, 0.15) is 39.4 Å². The van der Waals surface area contributed by atoms with Gasteiger partial charge in [-0.1, -0.05) is 53.4 Å². The molecule has 0 radical (unpaired) electrons. The Kier molecular flexibility index (Phi) is 24.6. The molecule has 25 nitrogen and oxygen atoms in total. The van der Waals surface area contributed by atoms with E-state index in [9.17, 15) is 14.4 Å². The Morgan fingerprint density at radius 3 is 1.29 bits per heavy atom. The Hall–Kier alpha value is -9.43. The first-order valence-electron chi connectivity index (χ1n) is 25.5. The SMILES string of the molecule is Cc1cccc(Nc2nc(NCCCCN)ncc2C(N)=O)c1.Cc1cccc(Nc2nc(NCCCCN)ncc2C(N)=O)c1.Cc1cccc(Nc2nc(On3nnc4ccccc43)ncc2C(N)=O)c1.NCCCCN. The fraction of sp³-hybridized carbons (Fsp3) is 0.278. The number of aromatic nitrogens is 9. The quantitative estimate of drug-likeness (QED) is 0.0334. The average Bonchev–Trinajstić information content (AvgIpc) is 3.84. The van der Waals surface area contributed by atoms with E-state index in [1.54, 1.807) is 6.07 Å². The lowest BCUT2D eigenvalue weighted by Gasteiger charge is -2.11. The van der Waals surface area contributed by atoms with Gasteiger partial charge in [0, 0.05) is 48.7 Å². The number of hydrogen-bond acceptors (Lipinski definition) is 21. The number of benzene rings is 4. The van der Waals surface area contributed by atoms with Crippen molar-refractivity contribution in [2.75, 3.05) is 65.9 Å². The molecule has 0 fully saturated rings. The third kappa shape index (κ3) is 20.2. The van der Waals surface area contributed by atoms with E-state index in [2.05, 4.69) is 66.8 Å². The summed E-state index contributed by atoms with van der Waals surface area (Å²) >= 11 is 0. The molecule has 0 saturated heterocycles. The monoisotopic (exact) mass is 1080 g/mol. The molecule has 0 spiro atoms. The molecule has 4 heterocycles. The number of fused-ring (bicyclic) bond motifs is 1. The molecule has 0 saturated carbocycles. The highest BCUT2D eigenvalue weighted by Crippen LogP contribution is 2.24. The second-order valence-electron chi connectivity index (χ2n) is 17.6. The normalized spacial score (nSPS) is 10.4. The lowest BCUT2D eigenvalue weighted by atomic mass is 10.2. The summed E-state index contributed by atoms with van der Waals surface area (Å²) in [6.45, 7) is 10.2. The van der Waals surface area contributed by atoms with Crippen LogP contribution in [0.2, 0.25) is 0 Å². The zero-order chi connectivity index (χ0) is 56.9. The number of hydrogen-bond donors (Lipinski definition) is 12. The van der Waals surface area contributed by atoms with Crippen molar-refractivity contribution in [1.82, 2.24) is 45.1 Å². The Morgan fingerprint density at radius 1 is 0.494 bits per heavy atom. The van der Waals surface area contributed by atoms with Gasteiger partial charge in [0.15, 0.2) is 5.82 Å². The van der Waals surface area contributed by atoms with Crippen LogP contribution in [0.15, 0.2) is 116 Å². The Labute approximate surface area is 458 Å². The molecule has 0 aliphatic carbocycles. The van der Waals surface area contributed by atoms with Crippen LogP contribution >= 0.6 is 0 Å². The van der Waals surface area contributed by atoms with Gasteiger partial charge in [-0.05, 0) is 156 Å². The Bertz CT molecular complexity index is 3090. The summed E-state index contributed by atoms with van der Waals surface area (Å²) < 4.78 is 0. The highest BCUT2D eigenvalue weighted by atomic mass is 16.7. The molecule has 0 unspecified atom stereocenters. The molecule has 3 amide bonds. The van der Waals surface area contributed by atoms with Gasteiger partial charge in [0.05, 0.1) is 0 Å². The number of nitrogens with two attached hydrogens (primary N) is 7. The highest BCUT2D eigenvalue weighted by Gasteiger charge is 2.17. The van der Waals surface area contributed by atoms with Crippen LogP contribution in [0.1, 0.15) is 86.3 Å². The maximum atomic E-state index is 11.7. The number of unbranched alkanes of at least 4 members (excludes halogenated alkanes) is 3. The van der Waals surface area contributed by atoms with Crippen LogP contribution in [-0.4, -0.2) is 102 Å². The van der Waals surface area contributed by atoms with Gasteiger partial charge in [-0.25, -0.2) is 15.0 Å². The summed E-state index contributed by atoms with van der Waals surface area (Å²) in [5, 5.41) is 23.5. The molecule has 25 heteroatoms. The van der Waals surface area contributed by atoms with Crippen molar-refractivity contribution in [3.63, 3.8) is 0 Å². The van der Waals surface area contributed by atoms with Crippen LogP contribution in [-0.2, 0) is 0 Å². The minimum Gasteiger partial charge on any atom is -0.365 e. The number of aryl methyl sites for hydroxylation is 3. The van der Waals surface area contributed by atoms with E-state index in [1.807, 2.05) is 112 Å². The van der Waals surface area contributed by atoms with Gasteiger partial charge in [-0.3, -0.25) is 14.4 Å². The molecule has 4 aromatic carbocycles. The van der Waals surface area contributed by atoms with Crippen LogP contribution in [0.4, 0.5) is 46.4 Å². The van der Waals surface area contributed by atoms with E-state index in [0.717, 1.165) is 98.5 Å². The highest BCUT2D eigenvalue weighted by molar-refractivity contribution is 5.99. The average molecular weight is 1080 g/mol. The molecule has 8 rings (SSSR count). The van der Waals surface area contributed by atoms with Crippen molar-refractivity contribution in [2.24, 2.45) is 40.1 Å². The second kappa shape index (κ2) is 32.2. The van der Waals surface area contributed by atoms with E-state index < -0.39 is 17.7 Å². The number of amides is 3. The van der Waals surface area contributed by atoms with E-state index in [-0.39, 0.29) is 28.5 Å². The van der Waals surface area contributed by atoms with Gasteiger partial charge in [-0.15, -0.1) is 5.10 Å². The van der Waals surface area contributed by atoms with Crippen molar-refractivity contribution in [2.45, 2.75) is 59.3 Å². The van der Waals surface area contributed by atoms with E-state index in [1.165, 1.54) is 23.4 Å². The molecule has 79 heavy (non-hydrogen) atoms. The van der Waals surface area contributed by atoms with Gasteiger partial charge in [0.25, 0.3) is 17.7 Å². The molecule has 8 aromatic rings. The minimum atomic E-state index is -0.650. The predicted octanol–water partition coefficient (Wildman–Crippen LogP) is 5.45. The number of nitrogens with one attached hydrogen (secondary N) is 5. The maximum absolute atomic E-state index is 11.7. The summed E-state index contributed by atoms with van der Waals surface area (Å²) in [7, 11) is 0. The predicted molar refractivity (Wildman–Crippen MR) is 309 cm³/mol. The fourth-order valence-electron chi connectivity index (χ4n) is 6.97. The van der Waals surface area contributed by atoms with Crippen LogP contribution < -0.4 is 71.6 Å². The minimum absolute atomic E-state index is 0.00851. The summed E-state index contributed by atoms with van der Waals surface area (Å²) in [5.74, 6) is 0.110. The first-order valence-corrected chi connectivity index (χ1v) is 25.5. The Morgan fingerprint density at radius 2 is 0.886 bits per heavy atom. The van der Waals surface area contributed by atoms with Crippen LogP contribution in [0.3, 0.4) is 0 Å². The Balaban J connectivity index is 0.000000208. The summed E-state index contributed by atoms with van der Waals surface area (Å²) in [4.78, 5) is 66.9.